The van der Waals surface area contributed by atoms with Crippen molar-refractivity contribution in [2.24, 2.45) is 5.92 Å². The maximum atomic E-state index is 6.52. The SMILES string of the molecule is CCC1CCCN(c2ccc(CNC3CC3)cc2Cl)C1. The second kappa shape index (κ2) is 6.36. The molecule has 1 atom stereocenters. The molecular weight excluding hydrogens is 268 g/mol. The molecule has 0 spiro atoms. The fraction of sp³-hybridized carbons (Fsp3) is 0.647. The first-order chi connectivity index (χ1) is 9.76. The summed E-state index contributed by atoms with van der Waals surface area (Å²) in [5.74, 6) is 0.830. The predicted octanol–water partition coefficient (Wildman–Crippen LogP) is 4.22. The van der Waals surface area contributed by atoms with Crippen LogP contribution in [0.3, 0.4) is 0 Å². The van der Waals surface area contributed by atoms with E-state index in [-0.39, 0.29) is 0 Å². The predicted molar refractivity (Wildman–Crippen MR) is 86.5 cm³/mol. The highest BCUT2D eigenvalue weighted by Gasteiger charge is 2.22. The highest BCUT2D eigenvalue weighted by molar-refractivity contribution is 6.33. The van der Waals surface area contributed by atoms with Crippen molar-refractivity contribution in [1.29, 1.82) is 0 Å². The van der Waals surface area contributed by atoms with Gasteiger partial charge in [0.2, 0.25) is 0 Å². The lowest BCUT2D eigenvalue weighted by Gasteiger charge is -2.34. The molecule has 2 aliphatic rings. The van der Waals surface area contributed by atoms with Crippen molar-refractivity contribution in [2.75, 3.05) is 18.0 Å². The van der Waals surface area contributed by atoms with E-state index in [0.29, 0.717) is 0 Å². The molecule has 1 aliphatic heterocycles. The Bertz CT molecular complexity index is 456. The van der Waals surface area contributed by atoms with Gasteiger partial charge in [0.25, 0.3) is 0 Å². The molecule has 1 heterocycles. The van der Waals surface area contributed by atoms with E-state index in [1.807, 2.05) is 0 Å². The first kappa shape index (κ1) is 14.2. The molecule has 3 heteroatoms. The maximum absolute atomic E-state index is 6.52. The minimum Gasteiger partial charge on any atom is -0.370 e. The van der Waals surface area contributed by atoms with E-state index in [9.17, 15) is 0 Å². The van der Waals surface area contributed by atoms with E-state index in [1.54, 1.807) is 0 Å². The Morgan fingerprint density at radius 1 is 1.30 bits per heavy atom. The van der Waals surface area contributed by atoms with Gasteiger partial charge in [-0.1, -0.05) is 31.0 Å². The van der Waals surface area contributed by atoms with E-state index in [4.69, 9.17) is 11.6 Å². The van der Waals surface area contributed by atoms with Crippen LogP contribution in [-0.4, -0.2) is 19.1 Å². The Morgan fingerprint density at radius 3 is 2.85 bits per heavy atom. The first-order valence-electron chi connectivity index (χ1n) is 8.03. The van der Waals surface area contributed by atoms with Crippen LogP contribution in [0.2, 0.25) is 5.02 Å². The van der Waals surface area contributed by atoms with Crippen LogP contribution < -0.4 is 10.2 Å². The minimum atomic E-state index is 0.751. The van der Waals surface area contributed by atoms with Gasteiger partial charge in [-0.3, -0.25) is 0 Å². The van der Waals surface area contributed by atoms with Gasteiger partial charge in [0.15, 0.2) is 0 Å². The standard InChI is InChI=1S/C17H25ClN2/c1-2-13-4-3-9-20(12-13)17-8-5-14(10-16(17)18)11-19-15-6-7-15/h5,8,10,13,15,19H,2-4,6-7,9,11-12H2,1H3. The highest BCUT2D eigenvalue weighted by atomic mass is 35.5. The van der Waals surface area contributed by atoms with Gasteiger partial charge in [-0.15, -0.1) is 0 Å². The van der Waals surface area contributed by atoms with Crippen LogP contribution in [0.1, 0.15) is 44.6 Å². The Labute approximate surface area is 127 Å². The van der Waals surface area contributed by atoms with Gasteiger partial charge in [-0.2, -0.15) is 0 Å². The molecule has 20 heavy (non-hydrogen) atoms. The molecule has 0 aromatic heterocycles. The molecule has 1 N–H and O–H groups in total. The van der Waals surface area contributed by atoms with E-state index in [2.05, 4.69) is 35.3 Å². The monoisotopic (exact) mass is 292 g/mol. The lowest BCUT2D eigenvalue weighted by Crippen LogP contribution is -2.35. The van der Waals surface area contributed by atoms with E-state index in [1.165, 1.54) is 43.4 Å². The third-order valence-corrected chi connectivity index (χ3v) is 4.92. The maximum Gasteiger partial charge on any atom is 0.0642 e. The molecule has 1 saturated carbocycles. The van der Waals surface area contributed by atoms with Crippen molar-refractivity contribution in [3.05, 3.63) is 28.8 Å². The summed E-state index contributed by atoms with van der Waals surface area (Å²) in [6.07, 6.45) is 6.60. The van der Waals surface area contributed by atoms with Crippen LogP contribution in [0.15, 0.2) is 18.2 Å². The van der Waals surface area contributed by atoms with Crippen LogP contribution in [0.5, 0.6) is 0 Å². The van der Waals surface area contributed by atoms with Crippen LogP contribution in [0.25, 0.3) is 0 Å². The second-order valence-electron chi connectivity index (χ2n) is 6.30. The molecule has 3 rings (SSSR count). The van der Waals surface area contributed by atoms with Gasteiger partial charge in [-0.05, 0) is 49.3 Å². The lowest BCUT2D eigenvalue weighted by molar-refractivity contribution is 0.405. The van der Waals surface area contributed by atoms with Crippen LogP contribution in [0.4, 0.5) is 5.69 Å². The molecule has 1 aromatic rings. The topological polar surface area (TPSA) is 15.3 Å². The molecule has 1 aliphatic carbocycles. The van der Waals surface area contributed by atoms with Gasteiger partial charge in [0, 0.05) is 25.7 Å². The number of hydrogen-bond acceptors (Lipinski definition) is 2. The van der Waals surface area contributed by atoms with Crippen molar-refractivity contribution >= 4 is 17.3 Å². The van der Waals surface area contributed by atoms with Crippen molar-refractivity contribution in [3.8, 4) is 0 Å². The number of hydrogen-bond donors (Lipinski definition) is 1. The average molecular weight is 293 g/mol. The summed E-state index contributed by atoms with van der Waals surface area (Å²) in [7, 11) is 0. The van der Waals surface area contributed by atoms with Gasteiger partial charge < -0.3 is 10.2 Å². The summed E-state index contributed by atoms with van der Waals surface area (Å²) < 4.78 is 0. The third-order valence-electron chi connectivity index (χ3n) is 4.62. The van der Waals surface area contributed by atoms with Crippen molar-refractivity contribution in [3.63, 3.8) is 0 Å². The van der Waals surface area contributed by atoms with Crippen LogP contribution in [0, 0.1) is 5.92 Å². The number of anilines is 1. The first-order valence-corrected chi connectivity index (χ1v) is 8.41. The Kier molecular flexibility index (Phi) is 4.52. The number of halogens is 1. The Morgan fingerprint density at radius 2 is 2.15 bits per heavy atom. The Hall–Kier alpha value is -0.730. The molecule has 0 amide bonds. The summed E-state index contributed by atoms with van der Waals surface area (Å²) in [6, 6.07) is 7.33. The van der Waals surface area contributed by atoms with Gasteiger partial charge in [-0.25, -0.2) is 0 Å². The van der Waals surface area contributed by atoms with Crippen LogP contribution in [-0.2, 0) is 6.54 Å². The van der Waals surface area contributed by atoms with E-state index < -0.39 is 0 Å². The fourth-order valence-electron chi connectivity index (χ4n) is 3.08. The molecule has 1 saturated heterocycles. The number of benzene rings is 1. The number of rotatable bonds is 5. The normalized spacial score (nSPS) is 23.1. The summed E-state index contributed by atoms with van der Waals surface area (Å²) in [5, 5.41) is 4.46. The molecule has 2 nitrogen and oxygen atoms in total. The molecule has 1 aromatic carbocycles. The molecule has 1 unspecified atom stereocenters. The zero-order valence-corrected chi connectivity index (χ0v) is 13.1. The number of nitrogens with zero attached hydrogens (tertiary/aromatic N) is 1. The van der Waals surface area contributed by atoms with Crippen molar-refractivity contribution in [2.45, 2.75) is 51.6 Å². The van der Waals surface area contributed by atoms with Gasteiger partial charge in [0.05, 0.1) is 10.7 Å². The average Bonchev–Trinajstić information content (AvgIpc) is 3.29. The number of nitrogens with one attached hydrogen (secondary N) is 1. The van der Waals surface area contributed by atoms with E-state index >= 15 is 0 Å². The molecular formula is C17H25ClN2. The third kappa shape index (κ3) is 3.48. The highest BCUT2D eigenvalue weighted by Crippen LogP contribution is 2.31. The summed E-state index contributed by atoms with van der Waals surface area (Å²) >= 11 is 6.52. The fourth-order valence-corrected chi connectivity index (χ4v) is 3.41. The smallest absolute Gasteiger partial charge is 0.0642 e. The minimum absolute atomic E-state index is 0.751. The molecule has 110 valence electrons. The van der Waals surface area contributed by atoms with Gasteiger partial charge >= 0.3 is 0 Å². The zero-order valence-electron chi connectivity index (χ0n) is 12.4. The second-order valence-corrected chi connectivity index (χ2v) is 6.71. The summed E-state index contributed by atoms with van der Waals surface area (Å²) in [6.45, 7) is 5.55. The van der Waals surface area contributed by atoms with Crippen molar-refractivity contribution in [1.82, 2.24) is 5.32 Å². The quantitative estimate of drug-likeness (QED) is 0.874. The van der Waals surface area contributed by atoms with E-state index in [0.717, 1.165) is 36.6 Å². The van der Waals surface area contributed by atoms with Gasteiger partial charge in [0.1, 0.15) is 0 Å². The lowest BCUT2D eigenvalue weighted by atomic mass is 9.95. The van der Waals surface area contributed by atoms with Crippen LogP contribution >= 0.6 is 11.6 Å². The Balaban J connectivity index is 1.66. The zero-order chi connectivity index (χ0) is 13.9. The molecule has 0 bridgehead atoms. The molecule has 0 radical (unpaired) electrons. The van der Waals surface area contributed by atoms with Crippen molar-refractivity contribution < 1.29 is 0 Å². The molecule has 2 fully saturated rings. The largest absolute Gasteiger partial charge is 0.370 e. The summed E-state index contributed by atoms with van der Waals surface area (Å²) in [4.78, 5) is 2.47. The summed E-state index contributed by atoms with van der Waals surface area (Å²) in [5.41, 5.74) is 2.52. The number of piperidine rings is 1.